The van der Waals surface area contributed by atoms with Gasteiger partial charge in [-0.1, -0.05) is 12.1 Å². The first kappa shape index (κ1) is 8.87. The third kappa shape index (κ3) is 1.96. The summed E-state index contributed by atoms with van der Waals surface area (Å²) in [4.78, 5) is 10.7. The maximum absolute atomic E-state index is 10.7. The maximum Gasteiger partial charge on any atom is 0.407 e. The number of phenols is 1. The topological polar surface area (TPSA) is 58.6 Å². The van der Waals surface area contributed by atoms with Gasteiger partial charge >= 0.3 is 6.09 Å². The zero-order valence-corrected chi connectivity index (χ0v) is 7.56. The Morgan fingerprint density at radius 1 is 1.43 bits per heavy atom. The van der Waals surface area contributed by atoms with Crippen LogP contribution >= 0.6 is 0 Å². The summed E-state index contributed by atoms with van der Waals surface area (Å²) in [6.07, 6.45) is 0.375. The third-order valence-electron chi connectivity index (χ3n) is 2.16. The first-order valence-electron chi connectivity index (χ1n) is 4.45. The average Bonchev–Trinajstić information content (AvgIpc) is 2.56. The molecule has 1 aliphatic rings. The highest BCUT2D eigenvalue weighted by molar-refractivity contribution is 5.69. The summed E-state index contributed by atoms with van der Waals surface area (Å²) in [7, 11) is 0. The number of hydrogen-bond acceptors (Lipinski definition) is 3. The van der Waals surface area contributed by atoms with Gasteiger partial charge in [0.2, 0.25) is 0 Å². The minimum Gasteiger partial charge on any atom is -0.508 e. The SMILES string of the molecule is O=C1N[C@H](Cc2ccc(O)cc2)CO1. The molecule has 1 aromatic rings. The van der Waals surface area contributed by atoms with E-state index < -0.39 is 0 Å². The molecule has 0 aliphatic carbocycles. The van der Waals surface area contributed by atoms with E-state index in [4.69, 9.17) is 9.84 Å². The number of hydrogen-bond donors (Lipinski definition) is 2. The molecule has 1 aliphatic heterocycles. The van der Waals surface area contributed by atoms with Crippen LogP contribution in [-0.2, 0) is 11.2 Å². The molecular weight excluding hydrogens is 182 g/mol. The quantitative estimate of drug-likeness (QED) is 0.737. The molecule has 1 aromatic carbocycles. The zero-order chi connectivity index (χ0) is 9.97. The van der Waals surface area contributed by atoms with Crippen molar-refractivity contribution in [3.05, 3.63) is 29.8 Å². The van der Waals surface area contributed by atoms with E-state index in [2.05, 4.69) is 5.32 Å². The Bertz CT molecular complexity index is 334. The van der Waals surface area contributed by atoms with E-state index in [1.165, 1.54) is 0 Å². The highest BCUT2D eigenvalue weighted by Crippen LogP contribution is 2.12. The Kier molecular flexibility index (Phi) is 2.26. The van der Waals surface area contributed by atoms with Crippen LogP contribution in [0.3, 0.4) is 0 Å². The van der Waals surface area contributed by atoms with Crippen LogP contribution in [0.2, 0.25) is 0 Å². The van der Waals surface area contributed by atoms with Crippen molar-refractivity contribution in [3.63, 3.8) is 0 Å². The highest BCUT2D eigenvalue weighted by Gasteiger charge is 2.21. The number of alkyl carbamates (subject to hydrolysis) is 1. The van der Waals surface area contributed by atoms with Crippen LogP contribution in [0.4, 0.5) is 4.79 Å². The van der Waals surface area contributed by atoms with Crippen LogP contribution in [0, 0.1) is 0 Å². The Balaban J connectivity index is 1.97. The molecule has 0 unspecified atom stereocenters. The molecule has 1 saturated heterocycles. The van der Waals surface area contributed by atoms with E-state index >= 15 is 0 Å². The van der Waals surface area contributed by atoms with Crippen molar-refractivity contribution in [1.82, 2.24) is 5.32 Å². The largest absolute Gasteiger partial charge is 0.508 e. The molecule has 0 aromatic heterocycles. The lowest BCUT2D eigenvalue weighted by molar-refractivity contribution is 0.177. The van der Waals surface area contributed by atoms with E-state index in [0.29, 0.717) is 6.61 Å². The summed E-state index contributed by atoms with van der Waals surface area (Å²) in [5.41, 5.74) is 1.07. The Morgan fingerprint density at radius 2 is 2.14 bits per heavy atom. The number of carbonyl (C=O) groups is 1. The predicted octanol–water partition coefficient (Wildman–Crippen LogP) is 1.04. The Labute approximate surface area is 81.5 Å². The monoisotopic (exact) mass is 193 g/mol. The molecule has 0 saturated carbocycles. The van der Waals surface area contributed by atoms with Gasteiger partial charge in [0.25, 0.3) is 0 Å². The molecule has 1 atom stereocenters. The van der Waals surface area contributed by atoms with Gasteiger partial charge in [0.05, 0.1) is 6.04 Å². The standard InChI is InChI=1S/C10H11NO3/c12-9-3-1-7(2-4-9)5-8-6-14-10(13)11-8/h1-4,8,12H,5-6H2,(H,11,13)/t8-/m1/s1. The number of ether oxygens (including phenoxy) is 1. The number of nitrogens with one attached hydrogen (secondary N) is 1. The number of carbonyl (C=O) groups excluding carboxylic acids is 1. The van der Waals surface area contributed by atoms with Crippen LogP contribution in [0.25, 0.3) is 0 Å². The molecule has 0 radical (unpaired) electrons. The molecular formula is C10H11NO3. The van der Waals surface area contributed by atoms with Crippen molar-refractivity contribution in [1.29, 1.82) is 0 Å². The van der Waals surface area contributed by atoms with Gasteiger partial charge in [0, 0.05) is 0 Å². The molecule has 1 heterocycles. The molecule has 0 bridgehead atoms. The second-order valence-corrected chi connectivity index (χ2v) is 3.31. The van der Waals surface area contributed by atoms with Gasteiger partial charge in [-0.25, -0.2) is 4.79 Å². The molecule has 2 rings (SSSR count). The molecule has 4 heteroatoms. The van der Waals surface area contributed by atoms with Crippen molar-refractivity contribution < 1.29 is 14.6 Å². The highest BCUT2D eigenvalue weighted by atomic mass is 16.6. The molecule has 14 heavy (non-hydrogen) atoms. The minimum atomic E-state index is -0.353. The van der Waals surface area contributed by atoms with Gasteiger partial charge in [0.1, 0.15) is 12.4 Å². The fourth-order valence-corrected chi connectivity index (χ4v) is 1.45. The number of amides is 1. The molecule has 4 nitrogen and oxygen atoms in total. The number of phenolic OH excluding ortho intramolecular Hbond substituents is 1. The van der Waals surface area contributed by atoms with Crippen molar-refractivity contribution in [2.24, 2.45) is 0 Å². The first-order valence-corrected chi connectivity index (χ1v) is 4.45. The van der Waals surface area contributed by atoms with Gasteiger partial charge in [-0.2, -0.15) is 0 Å². The molecule has 1 fully saturated rings. The Hall–Kier alpha value is -1.71. The number of cyclic esters (lactones) is 1. The van der Waals surface area contributed by atoms with Crippen LogP contribution in [0.5, 0.6) is 5.75 Å². The fourth-order valence-electron chi connectivity index (χ4n) is 1.45. The van der Waals surface area contributed by atoms with E-state index in [1.54, 1.807) is 12.1 Å². The molecule has 1 amide bonds. The van der Waals surface area contributed by atoms with E-state index in [-0.39, 0.29) is 17.9 Å². The average molecular weight is 193 g/mol. The zero-order valence-electron chi connectivity index (χ0n) is 7.56. The van der Waals surface area contributed by atoms with Crippen LogP contribution in [-0.4, -0.2) is 23.8 Å². The maximum atomic E-state index is 10.7. The normalized spacial score (nSPS) is 20.3. The second-order valence-electron chi connectivity index (χ2n) is 3.31. The smallest absolute Gasteiger partial charge is 0.407 e. The van der Waals surface area contributed by atoms with Crippen LogP contribution in [0.15, 0.2) is 24.3 Å². The number of benzene rings is 1. The minimum absolute atomic E-state index is 0.0482. The van der Waals surface area contributed by atoms with Gasteiger partial charge in [0.15, 0.2) is 0 Å². The van der Waals surface area contributed by atoms with E-state index in [0.717, 1.165) is 12.0 Å². The fraction of sp³-hybridized carbons (Fsp3) is 0.300. The van der Waals surface area contributed by atoms with Crippen molar-refractivity contribution in [2.45, 2.75) is 12.5 Å². The lowest BCUT2D eigenvalue weighted by atomic mass is 10.1. The van der Waals surface area contributed by atoms with Crippen LogP contribution in [0.1, 0.15) is 5.56 Å². The van der Waals surface area contributed by atoms with Gasteiger partial charge in [-0.3, -0.25) is 0 Å². The molecule has 74 valence electrons. The third-order valence-corrected chi connectivity index (χ3v) is 2.16. The summed E-state index contributed by atoms with van der Waals surface area (Å²) >= 11 is 0. The van der Waals surface area contributed by atoms with E-state index in [1.807, 2.05) is 12.1 Å². The Morgan fingerprint density at radius 3 is 2.71 bits per heavy atom. The molecule has 2 N–H and O–H groups in total. The van der Waals surface area contributed by atoms with Crippen molar-refractivity contribution >= 4 is 6.09 Å². The van der Waals surface area contributed by atoms with E-state index in [9.17, 15) is 4.79 Å². The summed E-state index contributed by atoms with van der Waals surface area (Å²) < 4.78 is 4.76. The van der Waals surface area contributed by atoms with Crippen molar-refractivity contribution in [3.8, 4) is 5.75 Å². The van der Waals surface area contributed by atoms with Crippen LogP contribution < -0.4 is 5.32 Å². The molecule has 0 spiro atoms. The van der Waals surface area contributed by atoms with Crippen molar-refractivity contribution in [2.75, 3.05) is 6.61 Å². The van der Waals surface area contributed by atoms with Gasteiger partial charge in [-0.05, 0) is 24.1 Å². The number of aromatic hydroxyl groups is 1. The van der Waals surface area contributed by atoms with Gasteiger partial charge in [-0.15, -0.1) is 0 Å². The summed E-state index contributed by atoms with van der Waals surface area (Å²) in [6, 6.07) is 6.98. The summed E-state index contributed by atoms with van der Waals surface area (Å²) in [5, 5.41) is 11.8. The summed E-state index contributed by atoms with van der Waals surface area (Å²) in [6.45, 7) is 0.416. The second kappa shape index (κ2) is 3.57. The lowest BCUT2D eigenvalue weighted by Crippen LogP contribution is -2.28. The first-order chi connectivity index (χ1) is 6.74. The lowest BCUT2D eigenvalue weighted by Gasteiger charge is -2.06. The predicted molar refractivity (Wildman–Crippen MR) is 50.1 cm³/mol. The van der Waals surface area contributed by atoms with Gasteiger partial charge < -0.3 is 15.2 Å². The number of rotatable bonds is 2. The summed E-state index contributed by atoms with van der Waals surface area (Å²) in [5.74, 6) is 0.250.